The molecular formula is C15H23NO2. The number of amides is 1. The van der Waals surface area contributed by atoms with Crippen LogP contribution in [0.4, 0.5) is 0 Å². The summed E-state index contributed by atoms with van der Waals surface area (Å²) in [6.07, 6.45) is 1.95. The van der Waals surface area contributed by atoms with Crippen LogP contribution in [0, 0.1) is 0 Å². The molecule has 0 heterocycles. The van der Waals surface area contributed by atoms with Gasteiger partial charge in [0.25, 0.3) is 5.91 Å². The van der Waals surface area contributed by atoms with Crippen LogP contribution in [-0.2, 0) is 11.2 Å². The van der Waals surface area contributed by atoms with Crippen molar-refractivity contribution in [2.24, 2.45) is 0 Å². The third kappa shape index (κ3) is 4.40. The Morgan fingerprint density at radius 2 is 2.06 bits per heavy atom. The summed E-state index contributed by atoms with van der Waals surface area (Å²) >= 11 is 0. The molecule has 0 aliphatic rings. The fraction of sp³-hybridized carbons (Fsp3) is 0.533. The van der Waals surface area contributed by atoms with Crippen LogP contribution < -0.4 is 4.74 Å². The van der Waals surface area contributed by atoms with Crippen molar-refractivity contribution in [2.45, 2.75) is 33.6 Å². The molecule has 0 aromatic heterocycles. The summed E-state index contributed by atoms with van der Waals surface area (Å²) < 4.78 is 5.55. The van der Waals surface area contributed by atoms with Gasteiger partial charge >= 0.3 is 0 Å². The Bertz CT molecular complexity index is 377. The van der Waals surface area contributed by atoms with Gasteiger partial charge in [-0.1, -0.05) is 26.0 Å². The molecule has 18 heavy (non-hydrogen) atoms. The van der Waals surface area contributed by atoms with Gasteiger partial charge < -0.3 is 9.64 Å². The van der Waals surface area contributed by atoms with Crippen molar-refractivity contribution in [3.63, 3.8) is 0 Å². The lowest BCUT2D eigenvalue weighted by Gasteiger charge is -2.20. The number of carbonyl (C=O) groups excluding carboxylic acids is 1. The Morgan fingerprint density at radius 3 is 2.67 bits per heavy atom. The smallest absolute Gasteiger partial charge is 0.260 e. The van der Waals surface area contributed by atoms with Gasteiger partial charge in [-0.2, -0.15) is 0 Å². The Morgan fingerprint density at radius 1 is 1.28 bits per heavy atom. The van der Waals surface area contributed by atoms with E-state index in [1.54, 1.807) is 0 Å². The van der Waals surface area contributed by atoms with E-state index in [0.29, 0.717) is 0 Å². The summed E-state index contributed by atoms with van der Waals surface area (Å²) in [5.41, 5.74) is 1.22. The van der Waals surface area contributed by atoms with Crippen LogP contribution in [0.15, 0.2) is 24.3 Å². The number of nitrogens with zero attached hydrogens (tertiary/aromatic N) is 1. The van der Waals surface area contributed by atoms with E-state index in [9.17, 15) is 4.79 Å². The number of aryl methyl sites for hydroxylation is 1. The molecule has 0 unspecified atom stereocenters. The van der Waals surface area contributed by atoms with Crippen molar-refractivity contribution in [1.82, 2.24) is 4.90 Å². The maximum absolute atomic E-state index is 11.9. The predicted octanol–water partition coefficient (Wildman–Crippen LogP) is 2.89. The van der Waals surface area contributed by atoms with E-state index in [4.69, 9.17) is 4.74 Å². The van der Waals surface area contributed by atoms with Gasteiger partial charge in [0, 0.05) is 13.1 Å². The minimum atomic E-state index is 0.0567. The van der Waals surface area contributed by atoms with E-state index >= 15 is 0 Å². The normalized spacial score (nSPS) is 10.2. The molecule has 1 amide bonds. The molecule has 0 radical (unpaired) electrons. The van der Waals surface area contributed by atoms with Gasteiger partial charge in [0.15, 0.2) is 6.61 Å². The zero-order valence-corrected chi connectivity index (χ0v) is 11.6. The predicted molar refractivity (Wildman–Crippen MR) is 73.9 cm³/mol. The van der Waals surface area contributed by atoms with Gasteiger partial charge in [0.1, 0.15) is 5.75 Å². The lowest BCUT2D eigenvalue weighted by atomic mass is 10.2. The molecule has 1 aromatic rings. The number of carbonyl (C=O) groups is 1. The van der Waals surface area contributed by atoms with Crippen molar-refractivity contribution >= 4 is 5.91 Å². The fourth-order valence-electron chi connectivity index (χ4n) is 1.82. The van der Waals surface area contributed by atoms with Crippen LogP contribution in [0.5, 0.6) is 5.75 Å². The summed E-state index contributed by atoms with van der Waals surface area (Å²) in [4.78, 5) is 13.7. The summed E-state index contributed by atoms with van der Waals surface area (Å²) in [6.45, 7) is 7.83. The lowest BCUT2D eigenvalue weighted by Crippen LogP contribution is -2.35. The minimum Gasteiger partial charge on any atom is -0.484 e. The molecule has 0 saturated heterocycles. The number of ether oxygens (including phenoxy) is 1. The number of rotatable bonds is 7. The molecule has 1 aromatic carbocycles. The zero-order chi connectivity index (χ0) is 13.4. The SMILES string of the molecule is CCCN(CC)C(=O)COc1cccc(CC)c1. The Labute approximate surface area is 110 Å². The number of likely N-dealkylation sites (N-methyl/N-ethyl adjacent to an activating group) is 1. The van der Waals surface area contributed by atoms with Crippen LogP contribution in [-0.4, -0.2) is 30.5 Å². The Hall–Kier alpha value is -1.51. The zero-order valence-electron chi connectivity index (χ0n) is 11.6. The number of hydrogen-bond acceptors (Lipinski definition) is 2. The van der Waals surface area contributed by atoms with E-state index in [2.05, 4.69) is 19.9 Å². The summed E-state index contributed by atoms with van der Waals surface area (Å²) in [7, 11) is 0. The van der Waals surface area contributed by atoms with Gasteiger partial charge in [-0.25, -0.2) is 0 Å². The van der Waals surface area contributed by atoms with E-state index in [1.165, 1.54) is 5.56 Å². The third-order valence-corrected chi connectivity index (χ3v) is 2.90. The van der Waals surface area contributed by atoms with Gasteiger partial charge in [-0.05, 0) is 37.5 Å². The average molecular weight is 249 g/mol. The van der Waals surface area contributed by atoms with E-state index in [1.807, 2.05) is 30.0 Å². The first-order chi connectivity index (χ1) is 8.71. The van der Waals surface area contributed by atoms with Crippen molar-refractivity contribution < 1.29 is 9.53 Å². The van der Waals surface area contributed by atoms with Crippen LogP contribution in [0.3, 0.4) is 0 Å². The molecule has 3 nitrogen and oxygen atoms in total. The summed E-state index contributed by atoms with van der Waals surface area (Å²) in [5, 5.41) is 0. The van der Waals surface area contributed by atoms with E-state index in [-0.39, 0.29) is 12.5 Å². The first-order valence-electron chi connectivity index (χ1n) is 6.70. The highest BCUT2D eigenvalue weighted by atomic mass is 16.5. The van der Waals surface area contributed by atoms with Gasteiger partial charge in [0.2, 0.25) is 0 Å². The highest BCUT2D eigenvalue weighted by molar-refractivity contribution is 5.77. The summed E-state index contributed by atoms with van der Waals surface area (Å²) in [6, 6.07) is 7.90. The van der Waals surface area contributed by atoms with Gasteiger partial charge in [-0.15, -0.1) is 0 Å². The molecular weight excluding hydrogens is 226 g/mol. The van der Waals surface area contributed by atoms with E-state index in [0.717, 1.165) is 31.7 Å². The second-order valence-electron chi connectivity index (χ2n) is 4.26. The lowest BCUT2D eigenvalue weighted by molar-refractivity contribution is -0.133. The fourth-order valence-corrected chi connectivity index (χ4v) is 1.82. The summed E-state index contributed by atoms with van der Waals surface area (Å²) in [5.74, 6) is 0.830. The molecule has 0 bridgehead atoms. The highest BCUT2D eigenvalue weighted by Crippen LogP contribution is 2.13. The molecule has 0 aliphatic heterocycles. The molecule has 0 spiro atoms. The third-order valence-electron chi connectivity index (χ3n) is 2.90. The van der Waals surface area contributed by atoms with Gasteiger partial charge in [-0.3, -0.25) is 4.79 Å². The Balaban J connectivity index is 2.50. The van der Waals surface area contributed by atoms with Crippen molar-refractivity contribution in [1.29, 1.82) is 0 Å². The highest BCUT2D eigenvalue weighted by Gasteiger charge is 2.11. The first-order valence-corrected chi connectivity index (χ1v) is 6.70. The molecule has 0 atom stereocenters. The van der Waals surface area contributed by atoms with Crippen LogP contribution in [0.2, 0.25) is 0 Å². The largest absolute Gasteiger partial charge is 0.484 e. The topological polar surface area (TPSA) is 29.5 Å². The number of hydrogen-bond donors (Lipinski definition) is 0. The first kappa shape index (κ1) is 14.6. The van der Waals surface area contributed by atoms with Crippen molar-refractivity contribution in [3.8, 4) is 5.75 Å². The molecule has 0 saturated carbocycles. The molecule has 0 fully saturated rings. The Kier molecular flexibility index (Phi) is 6.26. The second-order valence-corrected chi connectivity index (χ2v) is 4.26. The molecule has 100 valence electrons. The maximum Gasteiger partial charge on any atom is 0.260 e. The van der Waals surface area contributed by atoms with E-state index < -0.39 is 0 Å². The average Bonchev–Trinajstić information content (AvgIpc) is 2.42. The van der Waals surface area contributed by atoms with Crippen molar-refractivity contribution in [2.75, 3.05) is 19.7 Å². The van der Waals surface area contributed by atoms with Crippen molar-refractivity contribution in [3.05, 3.63) is 29.8 Å². The maximum atomic E-state index is 11.9. The molecule has 3 heteroatoms. The molecule has 0 N–H and O–H groups in total. The number of benzene rings is 1. The molecule has 0 aliphatic carbocycles. The molecule has 1 rings (SSSR count). The second kappa shape index (κ2) is 7.75. The monoisotopic (exact) mass is 249 g/mol. The van der Waals surface area contributed by atoms with Crippen LogP contribution in [0.25, 0.3) is 0 Å². The quantitative estimate of drug-likeness (QED) is 0.743. The van der Waals surface area contributed by atoms with Crippen LogP contribution in [0.1, 0.15) is 32.8 Å². The van der Waals surface area contributed by atoms with Gasteiger partial charge in [0.05, 0.1) is 0 Å². The van der Waals surface area contributed by atoms with Crippen LogP contribution >= 0.6 is 0 Å². The standard InChI is InChI=1S/C15H23NO2/c1-4-10-16(6-3)15(17)12-18-14-9-7-8-13(5-2)11-14/h7-9,11H,4-6,10,12H2,1-3H3. The minimum absolute atomic E-state index is 0.0567.